The van der Waals surface area contributed by atoms with E-state index in [1.54, 1.807) is 6.92 Å². The molecule has 94 valence electrons. The Morgan fingerprint density at radius 2 is 1.69 bits per heavy atom. The van der Waals surface area contributed by atoms with E-state index in [2.05, 4.69) is 13.8 Å². The predicted molar refractivity (Wildman–Crippen MR) is 66.3 cm³/mol. The lowest BCUT2D eigenvalue weighted by molar-refractivity contribution is -0.166. The van der Waals surface area contributed by atoms with Crippen LogP contribution < -0.4 is 0 Å². The zero-order valence-corrected chi connectivity index (χ0v) is 11.1. The molecule has 1 aliphatic carbocycles. The largest absolute Gasteiger partial charge is 0.459 e. The second-order valence-electron chi connectivity index (χ2n) is 5.24. The van der Waals surface area contributed by atoms with Gasteiger partial charge in [-0.15, -0.1) is 0 Å². The molecule has 0 N–H and O–H groups in total. The molecule has 1 rings (SSSR count). The van der Waals surface area contributed by atoms with Crippen LogP contribution in [0, 0.1) is 5.92 Å². The molecular weight excluding hydrogens is 200 g/mol. The van der Waals surface area contributed by atoms with E-state index >= 15 is 0 Å². The maximum Gasteiger partial charge on any atom is 0.303 e. The van der Waals surface area contributed by atoms with Crippen LogP contribution in [0.2, 0.25) is 0 Å². The summed E-state index contributed by atoms with van der Waals surface area (Å²) in [7, 11) is 0. The summed E-state index contributed by atoms with van der Waals surface area (Å²) < 4.78 is 5.73. The summed E-state index contributed by atoms with van der Waals surface area (Å²) in [5, 5.41) is 0. The summed E-state index contributed by atoms with van der Waals surface area (Å²) in [6, 6.07) is 0. The highest BCUT2D eigenvalue weighted by Crippen LogP contribution is 2.37. The molecule has 0 saturated heterocycles. The Labute approximate surface area is 99.8 Å². The van der Waals surface area contributed by atoms with Crippen molar-refractivity contribution in [3.05, 3.63) is 0 Å². The molecule has 1 fully saturated rings. The molecule has 2 nitrogen and oxygen atoms in total. The summed E-state index contributed by atoms with van der Waals surface area (Å²) >= 11 is 0. The maximum atomic E-state index is 11.3. The summed E-state index contributed by atoms with van der Waals surface area (Å²) in [6.45, 7) is 5.96. The molecule has 0 aromatic heterocycles. The van der Waals surface area contributed by atoms with Gasteiger partial charge in [0.1, 0.15) is 5.60 Å². The summed E-state index contributed by atoms with van der Waals surface area (Å²) in [6.07, 6.45) is 9.54. The van der Waals surface area contributed by atoms with E-state index in [9.17, 15) is 4.79 Å². The molecule has 1 atom stereocenters. The average molecular weight is 226 g/mol. The molecule has 0 radical (unpaired) electrons. The number of carbonyl (C=O) groups is 1. The van der Waals surface area contributed by atoms with Gasteiger partial charge in [0.15, 0.2) is 0 Å². The average Bonchev–Trinajstić information content (AvgIpc) is 2.20. The molecule has 0 aromatic carbocycles. The van der Waals surface area contributed by atoms with Crippen molar-refractivity contribution in [3.8, 4) is 0 Å². The van der Waals surface area contributed by atoms with E-state index in [1.807, 2.05) is 0 Å². The van der Waals surface area contributed by atoms with Crippen molar-refractivity contribution in [2.75, 3.05) is 0 Å². The molecule has 2 heteroatoms. The van der Waals surface area contributed by atoms with Crippen LogP contribution in [0.4, 0.5) is 0 Å². The van der Waals surface area contributed by atoms with Gasteiger partial charge in [-0.05, 0) is 38.0 Å². The molecule has 1 aliphatic rings. The Kier molecular flexibility index (Phi) is 5.30. The third kappa shape index (κ3) is 3.50. The fourth-order valence-corrected chi connectivity index (χ4v) is 2.86. The zero-order chi connectivity index (χ0) is 12.0. The van der Waals surface area contributed by atoms with Gasteiger partial charge in [0, 0.05) is 6.92 Å². The predicted octanol–water partition coefficient (Wildman–Crippen LogP) is 4.08. The van der Waals surface area contributed by atoms with Crippen molar-refractivity contribution >= 4 is 5.97 Å². The van der Waals surface area contributed by atoms with Crippen LogP contribution in [0.25, 0.3) is 0 Å². The molecular formula is C14H26O2. The summed E-state index contributed by atoms with van der Waals surface area (Å²) in [5.41, 5.74) is -0.166. The van der Waals surface area contributed by atoms with E-state index < -0.39 is 0 Å². The third-order valence-electron chi connectivity index (χ3n) is 4.06. The van der Waals surface area contributed by atoms with E-state index in [0.29, 0.717) is 5.92 Å². The highest BCUT2D eigenvalue weighted by atomic mass is 16.6. The van der Waals surface area contributed by atoms with Gasteiger partial charge >= 0.3 is 5.97 Å². The van der Waals surface area contributed by atoms with Crippen molar-refractivity contribution in [1.29, 1.82) is 0 Å². The molecule has 0 bridgehead atoms. The van der Waals surface area contributed by atoms with Gasteiger partial charge in [-0.25, -0.2) is 0 Å². The Balaban J connectivity index is 2.76. The van der Waals surface area contributed by atoms with E-state index in [1.165, 1.54) is 32.1 Å². The third-order valence-corrected chi connectivity index (χ3v) is 4.06. The van der Waals surface area contributed by atoms with Crippen molar-refractivity contribution in [2.45, 2.75) is 77.7 Å². The van der Waals surface area contributed by atoms with Crippen LogP contribution in [0.15, 0.2) is 0 Å². The van der Waals surface area contributed by atoms with E-state index in [0.717, 1.165) is 19.3 Å². The smallest absolute Gasteiger partial charge is 0.303 e. The standard InChI is InChI=1S/C14H26O2/c1-4-12(2)14(16-13(3)15)10-8-6-5-7-9-11-14/h12H,4-11H2,1-3H3. The van der Waals surface area contributed by atoms with Crippen molar-refractivity contribution in [2.24, 2.45) is 5.92 Å². The van der Waals surface area contributed by atoms with Crippen LogP contribution in [0.1, 0.15) is 72.1 Å². The Morgan fingerprint density at radius 1 is 1.19 bits per heavy atom. The normalized spacial score (nSPS) is 22.9. The van der Waals surface area contributed by atoms with Crippen LogP contribution in [0.3, 0.4) is 0 Å². The summed E-state index contributed by atoms with van der Waals surface area (Å²) in [4.78, 5) is 11.3. The lowest BCUT2D eigenvalue weighted by atomic mass is 9.77. The van der Waals surface area contributed by atoms with Crippen LogP contribution in [0.5, 0.6) is 0 Å². The van der Waals surface area contributed by atoms with E-state index in [4.69, 9.17) is 4.74 Å². The molecule has 0 heterocycles. The second-order valence-corrected chi connectivity index (χ2v) is 5.24. The zero-order valence-electron chi connectivity index (χ0n) is 11.1. The topological polar surface area (TPSA) is 26.3 Å². The van der Waals surface area contributed by atoms with Gasteiger partial charge in [0.25, 0.3) is 0 Å². The van der Waals surface area contributed by atoms with Crippen molar-refractivity contribution in [1.82, 2.24) is 0 Å². The first kappa shape index (κ1) is 13.5. The molecule has 0 aromatic rings. The fourth-order valence-electron chi connectivity index (χ4n) is 2.86. The molecule has 0 spiro atoms. The minimum absolute atomic E-state index is 0.110. The first-order chi connectivity index (χ1) is 7.60. The number of carbonyl (C=O) groups excluding carboxylic acids is 1. The number of hydrogen-bond acceptors (Lipinski definition) is 2. The Bertz CT molecular complexity index is 215. The lowest BCUT2D eigenvalue weighted by Crippen LogP contribution is -2.41. The maximum absolute atomic E-state index is 11.3. The van der Waals surface area contributed by atoms with E-state index in [-0.39, 0.29) is 11.6 Å². The number of rotatable bonds is 3. The first-order valence-electron chi connectivity index (χ1n) is 6.80. The van der Waals surface area contributed by atoms with Gasteiger partial charge < -0.3 is 4.74 Å². The second kappa shape index (κ2) is 6.27. The summed E-state index contributed by atoms with van der Waals surface area (Å²) in [5.74, 6) is 0.371. The Hall–Kier alpha value is -0.530. The SMILES string of the molecule is CCC(C)C1(OC(C)=O)CCCCCCC1. The van der Waals surface area contributed by atoms with Gasteiger partial charge in [0.2, 0.25) is 0 Å². The fraction of sp³-hybridized carbons (Fsp3) is 0.929. The number of ether oxygens (including phenoxy) is 1. The number of hydrogen-bond donors (Lipinski definition) is 0. The van der Waals surface area contributed by atoms with Gasteiger partial charge in [0.05, 0.1) is 0 Å². The highest BCUT2D eigenvalue weighted by molar-refractivity contribution is 5.66. The van der Waals surface area contributed by atoms with Crippen molar-refractivity contribution in [3.63, 3.8) is 0 Å². The van der Waals surface area contributed by atoms with Gasteiger partial charge in [-0.1, -0.05) is 33.1 Å². The molecule has 0 amide bonds. The monoisotopic (exact) mass is 226 g/mol. The van der Waals surface area contributed by atoms with Crippen LogP contribution >= 0.6 is 0 Å². The minimum Gasteiger partial charge on any atom is -0.459 e. The quantitative estimate of drug-likeness (QED) is 0.678. The molecule has 0 aliphatic heterocycles. The molecule has 16 heavy (non-hydrogen) atoms. The molecule has 1 saturated carbocycles. The molecule has 1 unspecified atom stereocenters. The number of esters is 1. The van der Waals surface area contributed by atoms with Crippen LogP contribution in [-0.4, -0.2) is 11.6 Å². The van der Waals surface area contributed by atoms with Crippen molar-refractivity contribution < 1.29 is 9.53 Å². The minimum atomic E-state index is -0.166. The van der Waals surface area contributed by atoms with Gasteiger partial charge in [-0.3, -0.25) is 4.79 Å². The van der Waals surface area contributed by atoms with Gasteiger partial charge in [-0.2, -0.15) is 0 Å². The highest BCUT2D eigenvalue weighted by Gasteiger charge is 2.37. The van der Waals surface area contributed by atoms with Crippen LogP contribution in [-0.2, 0) is 9.53 Å². The Morgan fingerprint density at radius 3 is 2.12 bits per heavy atom. The first-order valence-corrected chi connectivity index (χ1v) is 6.80. The lowest BCUT2D eigenvalue weighted by Gasteiger charge is -2.39.